The van der Waals surface area contributed by atoms with Crippen LogP contribution in [0.25, 0.3) is 11.5 Å². The van der Waals surface area contributed by atoms with Crippen molar-refractivity contribution in [2.45, 2.75) is 25.0 Å². The van der Waals surface area contributed by atoms with Gasteiger partial charge in [-0.3, -0.25) is 9.88 Å². The van der Waals surface area contributed by atoms with E-state index in [4.69, 9.17) is 15.0 Å². The van der Waals surface area contributed by atoms with Crippen molar-refractivity contribution in [1.82, 2.24) is 20.0 Å². The van der Waals surface area contributed by atoms with Gasteiger partial charge in [0.15, 0.2) is 0 Å². The van der Waals surface area contributed by atoms with E-state index in [1.54, 1.807) is 18.5 Å². The maximum absolute atomic E-state index is 5.89. The molecule has 0 bridgehead atoms. The third-order valence-electron chi connectivity index (χ3n) is 4.20. The largest absolute Gasteiger partial charge is 0.397 e. The number of fused-ring (bicyclic) bond motifs is 1. The molecule has 2 atom stereocenters. The van der Waals surface area contributed by atoms with Crippen molar-refractivity contribution in [2.75, 3.05) is 25.4 Å². The Morgan fingerprint density at radius 3 is 3.24 bits per heavy atom. The van der Waals surface area contributed by atoms with Gasteiger partial charge in [-0.05, 0) is 25.5 Å². The van der Waals surface area contributed by atoms with Gasteiger partial charge in [0, 0.05) is 18.8 Å². The average Bonchev–Trinajstić information content (AvgIpc) is 3.16. The van der Waals surface area contributed by atoms with Gasteiger partial charge in [-0.1, -0.05) is 5.16 Å². The monoisotopic (exact) mass is 287 g/mol. The zero-order chi connectivity index (χ0) is 14.2. The van der Waals surface area contributed by atoms with Crippen molar-refractivity contribution in [3.8, 4) is 11.5 Å². The Hall–Kier alpha value is -1.99. The van der Waals surface area contributed by atoms with E-state index < -0.39 is 0 Å². The molecule has 2 aliphatic heterocycles. The fourth-order valence-corrected chi connectivity index (χ4v) is 3.05. The van der Waals surface area contributed by atoms with Crippen LogP contribution in [-0.2, 0) is 4.74 Å². The SMILES string of the molecule is Nc1cnccc1-c1nc(C2CN3CCCC3CO2)no1. The topological polar surface area (TPSA) is 90.3 Å². The Morgan fingerprint density at radius 2 is 2.33 bits per heavy atom. The van der Waals surface area contributed by atoms with E-state index in [9.17, 15) is 0 Å². The quantitative estimate of drug-likeness (QED) is 0.888. The molecular weight excluding hydrogens is 270 g/mol. The third kappa shape index (κ3) is 2.28. The Kier molecular flexibility index (Phi) is 3.08. The van der Waals surface area contributed by atoms with Crippen molar-refractivity contribution in [3.05, 3.63) is 24.3 Å². The highest BCUT2D eigenvalue weighted by atomic mass is 16.5. The summed E-state index contributed by atoms with van der Waals surface area (Å²) < 4.78 is 11.2. The Labute approximate surface area is 122 Å². The normalized spacial score (nSPS) is 25.9. The minimum Gasteiger partial charge on any atom is -0.397 e. The van der Waals surface area contributed by atoms with Gasteiger partial charge in [-0.25, -0.2) is 0 Å². The molecule has 21 heavy (non-hydrogen) atoms. The van der Waals surface area contributed by atoms with Crippen LogP contribution >= 0.6 is 0 Å². The Morgan fingerprint density at radius 1 is 1.38 bits per heavy atom. The smallest absolute Gasteiger partial charge is 0.260 e. The van der Waals surface area contributed by atoms with Gasteiger partial charge < -0.3 is 15.0 Å². The van der Waals surface area contributed by atoms with Crippen molar-refractivity contribution < 1.29 is 9.26 Å². The van der Waals surface area contributed by atoms with Crippen LogP contribution in [-0.4, -0.2) is 45.8 Å². The molecule has 0 aromatic carbocycles. The van der Waals surface area contributed by atoms with Gasteiger partial charge in [-0.2, -0.15) is 4.98 Å². The number of hydrogen-bond acceptors (Lipinski definition) is 7. The van der Waals surface area contributed by atoms with E-state index in [-0.39, 0.29) is 6.10 Å². The number of aromatic nitrogens is 3. The highest BCUT2D eigenvalue weighted by Gasteiger charge is 2.35. The molecule has 2 unspecified atom stereocenters. The molecule has 7 nitrogen and oxygen atoms in total. The maximum atomic E-state index is 5.89. The Bertz CT molecular complexity index is 644. The van der Waals surface area contributed by atoms with Gasteiger partial charge in [0.1, 0.15) is 6.10 Å². The highest BCUT2D eigenvalue weighted by Crippen LogP contribution is 2.30. The molecule has 2 saturated heterocycles. The van der Waals surface area contributed by atoms with Gasteiger partial charge in [0.2, 0.25) is 5.82 Å². The minimum atomic E-state index is -0.125. The van der Waals surface area contributed by atoms with Crippen LogP contribution in [0.5, 0.6) is 0 Å². The van der Waals surface area contributed by atoms with E-state index in [0.717, 1.165) is 19.7 Å². The van der Waals surface area contributed by atoms with Crippen LogP contribution in [0.4, 0.5) is 5.69 Å². The number of rotatable bonds is 2. The van der Waals surface area contributed by atoms with Crippen LogP contribution in [0.1, 0.15) is 24.8 Å². The molecule has 2 fully saturated rings. The van der Waals surface area contributed by atoms with Crippen LogP contribution in [0.3, 0.4) is 0 Å². The standard InChI is InChI=1S/C14H17N5O2/c15-11-6-16-4-3-10(11)14-17-13(18-21-14)12-7-19-5-1-2-9(19)8-20-12/h3-4,6,9,12H,1-2,5,7-8,15H2. The van der Waals surface area contributed by atoms with Crippen LogP contribution in [0, 0.1) is 0 Å². The molecule has 0 spiro atoms. The number of nitrogens with zero attached hydrogens (tertiary/aromatic N) is 4. The number of nitrogens with two attached hydrogens (primary N) is 1. The van der Waals surface area contributed by atoms with E-state index >= 15 is 0 Å². The van der Waals surface area contributed by atoms with E-state index in [0.29, 0.717) is 29.0 Å². The van der Waals surface area contributed by atoms with Crippen LogP contribution in [0.15, 0.2) is 23.0 Å². The summed E-state index contributed by atoms with van der Waals surface area (Å²) in [5.74, 6) is 1.00. The summed E-state index contributed by atoms with van der Waals surface area (Å²) in [7, 11) is 0. The molecule has 7 heteroatoms. The first-order valence-electron chi connectivity index (χ1n) is 7.20. The molecule has 2 aromatic rings. The zero-order valence-electron chi connectivity index (χ0n) is 11.6. The van der Waals surface area contributed by atoms with E-state index in [1.807, 2.05) is 0 Å². The molecule has 2 aromatic heterocycles. The fourth-order valence-electron chi connectivity index (χ4n) is 3.05. The minimum absolute atomic E-state index is 0.125. The number of anilines is 1. The predicted molar refractivity (Wildman–Crippen MR) is 75.2 cm³/mol. The maximum Gasteiger partial charge on any atom is 0.260 e. The first kappa shape index (κ1) is 12.7. The molecule has 4 rings (SSSR count). The summed E-state index contributed by atoms with van der Waals surface area (Å²) in [5.41, 5.74) is 7.11. The lowest BCUT2D eigenvalue weighted by Crippen LogP contribution is -2.42. The second-order valence-electron chi connectivity index (χ2n) is 5.53. The van der Waals surface area contributed by atoms with E-state index in [1.165, 1.54) is 12.8 Å². The summed E-state index contributed by atoms with van der Waals surface area (Å²) in [6, 6.07) is 2.33. The lowest BCUT2D eigenvalue weighted by atomic mass is 10.2. The summed E-state index contributed by atoms with van der Waals surface area (Å²) >= 11 is 0. The first-order valence-corrected chi connectivity index (χ1v) is 7.20. The highest BCUT2D eigenvalue weighted by molar-refractivity contribution is 5.68. The average molecular weight is 287 g/mol. The number of nitrogen functional groups attached to an aromatic ring is 1. The zero-order valence-corrected chi connectivity index (χ0v) is 11.6. The fraction of sp³-hybridized carbons (Fsp3) is 0.500. The second-order valence-corrected chi connectivity index (χ2v) is 5.53. The molecule has 2 aliphatic rings. The first-order chi connectivity index (χ1) is 10.3. The molecular formula is C14H17N5O2. The lowest BCUT2D eigenvalue weighted by molar-refractivity contribution is -0.0548. The molecule has 0 saturated carbocycles. The van der Waals surface area contributed by atoms with Gasteiger partial charge in [-0.15, -0.1) is 0 Å². The second kappa shape index (κ2) is 5.09. The van der Waals surface area contributed by atoms with Crippen molar-refractivity contribution in [2.24, 2.45) is 0 Å². The number of hydrogen-bond donors (Lipinski definition) is 1. The Balaban J connectivity index is 1.56. The summed E-state index contributed by atoms with van der Waals surface area (Å²) in [5, 5.41) is 4.06. The third-order valence-corrected chi connectivity index (χ3v) is 4.20. The van der Waals surface area contributed by atoms with Crippen LogP contribution in [0.2, 0.25) is 0 Å². The van der Waals surface area contributed by atoms with Crippen LogP contribution < -0.4 is 5.73 Å². The van der Waals surface area contributed by atoms with Crippen molar-refractivity contribution in [1.29, 1.82) is 0 Å². The number of pyridine rings is 1. The van der Waals surface area contributed by atoms with Crippen molar-refractivity contribution in [3.63, 3.8) is 0 Å². The molecule has 110 valence electrons. The summed E-state index contributed by atoms with van der Waals surface area (Å²) in [6.07, 6.45) is 5.57. The molecule has 0 amide bonds. The van der Waals surface area contributed by atoms with Gasteiger partial charge in [0.05, 0.1) is 24.1 Å². The van der Waals surface area contributed by atoms with Crippen molar-refractivity contribution >= 4 is 5.69 Å². The predicted octanol–water partition coefficient (Wildman–Crippen LogP) is 1.25. The molecule has 0 radical (unpaired) electrons. The van der Waals surface area contributed by atoms with E-state index in [2.05, 4.69) is 20.0 Å². The number of morpholine rings is 1. The summed E-state index contributed by atoms with van der Waals surface area (Å²) in [4.78, 5) is 10.8. The molecule has 4 heterocycles. The summed E-state index contributed by atoms with van der Waals surface area (Å²) in [6.45, 7) is 2.70. The number of ether oxygens (including phenoxy) is 1. The lowest BCUT2D eigenvalue weighted by Gasteiger charge is -2.33. The van der Waals surface area contributed by atoms with Gasteiger partial charge >= 0.3 is 0 Å². The van der Waals surface area contributed by atoms with Gasteiger partial charge in [0.25, 0.3) is 5.89 Å². The molecule has 2 N–H and O–H groups in total. The molecule has 0 aliphatic carbocycles.